The SMILES string of the molecule is [B]c1ccc(C(=O)Nc2cnc(CCCCCCC)s2)c(F)c1. The number of thiazole rings is 1. The molecule has 0 aliphatic rings. The number of hydrogen-bond donors (Lipinski definition) is 1. The lowest BCUT2D eigenvalue weighted by atomic mass is 9.95. The molecule has 1 amide bonds. The second-order valence-corrected chi connectivity index (χ2v) is 6.59. The van der Waals surface area contributed by atoms with Crippen molar-refractivity contribution in [3.63, 3.8) is 0 Å². The van der Waals surface area contributed by atoms with Gasteiger partial charge in [-0.05, 0) is 25.0 Å². The summed E-state index contributed by atoms with van der Waals surface area (Å²) in [5.74, 6) is -1.11. The van der Waals surface area contributed by atoms with Gasteiger partial charge in [0.25, 0.3) is 5.91 Å². The van der Waals surface area contributed by atoms with Gasteiger partial charge in [0.2, 0.25) is 0 Å². The first-order valence-electron chi connectivity index (χ1n) is 7.91. The molecule has 1 N–H and O–H groups in total. The molecule has 3 nitrogen and oxygen atoms in total. The minimum atomic E-state index is -0.622. The van der Waals surface area contributed by atoms with Crippen molar-refractivity contribution in [3.8, 4) is 0 Å². The molecule has 1 aromatic heterocycles. The van der Waals surface area contributed by atoms with Crippen molar-refractivity contribution in [2.24, 2.45) is 0 Å². The van der Waals surface area contributed by atoms with Gasteiger partial charge in [-0.2, -0.15) is 0 Å². The molecule has 2 radical (unpaired) electrons. The Hall–Kier alpha value is -1.69. The molecule has 0 aliphatic heterocycles. The van der Waals surface area contributed by atoms with E-state index in [0.717, 1.165) is 23.9 Å². The molecule has 1 heterocycles. The highest BCUT2D eigenvalue weighted by molar-refractivity contribution is 7.15. The Balaban J connectivity index is 1.87. The molecule has 0 atom stereocenters. The normalized spacial score (nSPS) is 10.7. The van der Waals surface area contributed by atoms with Crippen LogP contribution >= 0.6 is 11.3 Å². The van der Waals surface area contributed by atoms with Crippen molar-refractivity contribution < 1.29 is 9.18 Å². The molecule has 0 saturated carbocycles. The minimum absolute atomic E-state index is 0.0197. The molecule has 6 heteroatoms. The van der Waals surface area contributed by atoms with E-state index in [4.69, 9.17) is 7.85 Å². The van der Waals surface area contributed by atoms with Gasteiger partial charge in [-0.15, -0.1) is 11.3 Å². The molecule has 0 bridgehead atoms. The first kappa shape index (κ1) is 17.7. The number of aromatic nitrogens is 1. The van der Waals surface area contributed by atoms with Crippen molar-refractivity contribution in [1.82, 2.24) is 4.98 Å². The fourth-order valence-electron chi connectivity index (χ4n) is 2.26. The van der Waals surface area contributed by atoms with E-state index in [9.17, 15) is 9.18 Å². The molecule has 0 fully saturated rings. The van der Waals surface area contributed by atoms with Crippen molar-refractivity contribution in [2.75, 3.05) is 5.32 Å². The van der Waals surface area contributed by atoms with Gasteiger partial charge in [-0.3, -0.25) is 4.79 Å². The number of nitrogens with zero attached hydrogens (tertiary/aromatic N) is 1. The van der Waals surface area contributed by atoms with Gasteiger partial charge in [0, 0.05) is 0 Å². The highest BCUT2D eigenvalue weighted by atomic mass is 32.1. The summed E-state index contributed by atoms with van der Waals surface area (Å²) in [6.07, 6.45) is 8.60. The Kier molecular flexibility index (Phi) is 6.77. The Morgan fingerprint density at radius 3 is 2.83 bits per heavy atom. The summed E-state index contributed by atoms with van der Waals surface area (Å²) in [6, 6.07) is 4.03. The maximum Gasteiger partial charge on any atom is 0.259 e. The quantitative estimate of drug-likeness (QED) is 0.590. The average molecular weight is 330 g/mol. The number of halogens is 1. The van der Waals surface area contributed by atoms with E-state index >= 15 is 0 Å². The van der Waals surface area contributed by atoms with Crippen LogP contribution in [0.4, 0.5) is 9.39 Å². The van der Waals surface area contributed by atoms with Crippen molar-refractivity contribution in [2.45, 2.75) is 45.4 Å². The summed E-state index contributed by atoms with van der Waals surface area (Å²) < 4.78 is 13.7. The summed E-state index contributed by atoms with van der Waals surface area (Å²) >= 11 is 1.44. The lowest BCUT2D eigenvalue weighted by molar-refractivity contribution is 0.102. The number of nitrogens with one attached hydrogen (secondary N) is 1. The smallest absolute Gasteiger partial charge is 0.259 e. The third kappa shape index (κ3) is 5.46. The summed E-state index contributed by atoms with van der Waals surface area (Å²) in [6.45, 7) is 2.19. The molecule has 23 heavy (non-hydrogen) atoms. The zero-order valence-corrected chi connectivity index (χ0v) is 14.1. The molecule has 0 aliphatic carbocycles. The maximum atomic E-state index is 13.7. The van der Waals surface area contributed by atoms with E-state index in [1.165, 1.54) is 49.2 Å². The number of hydrogen-bond acceptors (Lipinski definition) is 3. The third-order valence-electron chi connectivity index (χ3n) is 3.52. The lowest BCUT2D eigenvalue weighted by Crippen LogP contribution is -2.15. The largest absolute Gasteiger partial charge is 0.312 e. The molecule has 0 spiro atoms. The van der Waals surface area contributed by atoms with E-state index in [2.05, 4.69) is 17.2 Å². The van der Waals surface area contributed by atoms with Gasteiger partial charge in [0.1, 0.15) is 18.7 Å². The Bertz CT molecular complexity index is 660. The van der Waals surface area contributed by atoms with Gasteiger partial charge < -0.3 is 5.32 Å². The summed E-state index contributed by atoms with van der Waals surface area (Å²) in [7, 11) is 5.48. The van der Waals surface area contributed by atoms with Gasteiger partial charge in [-0.1, -0.05) is 44.1 Å². The zero-order valence-electron chi connectivity index (χ0n) is 13.3. The second-order valence-electron chi connectivity index (χ2n) is 5.48. The predicted molar refractivity (Wildman–Crippen MR) is 94.3 cm³/mol. The Morgan fingerprint density at radius 1 is 1.30 bits per heavy atom. The van der Waals surface area contributed by atoms with Crippen LogP contribution in [0, 0.1) is 5.82 Å². The number of carbonyl (C=O) groups is 1. The van der Waals surface area contributed by atoms with E-state index in [1.807, 2.05) is 0 Å². The Morgan fingerprint density at radius 2 is 2.09 bits per heavy atom. The van der Waals surface area contributed by atoms with Crippen LogP contribution in [0.25, 0.3) is 0 Å². The molecule has 0 unspecified atom stereocenters. The van der Waals surface area contributed by atoms with Crippen LogP contribution in [-0.2, 0) is 6.42 Å². The predicted octanol–water partition coefficient (Wildman–Crippen LogP) is 3.84. The Labute approximate surface area is 141 Å². The van der Waals surface area contributed by atoms with Crippen LogP contribution in [0.3, 0.4) is 0 Å². The number of aryl methyl sites for hydroxylation is 1. The number of amides is 1. The van der Waals surface area contributed by atoms with E-state index in [1.54, 1.807) is 6.20 Å². The first-order valence-corrected chi connectivity index (χ1v) is 8.73. The van der Waals surface area contributed by atoms with Gasteiger partial charge in [-0.25, -0.2) is 9.37 Å². The summed E-state index contributed by atoms with van der Waals surface area (Å²) in [4.78, 5) is 16.4. The molecule has 2 aromatic rings. The van der Waals surface area contributed by atoms with Crippen LogP contribution in [0.15, 0.2) is 24.4 Å². The highest BCUT2D eigenvalue weighted by Gasteiger charge is 2.13. The fourth-order valence-corrected chi connectivity index (χ4v) is 3.11. The summed E-state index contributed by atoms with van der Waals surface area (Å²) in [5, 5.41) is 4.31. The number of rotatable bonds is 8. The minimum Gasteiger partial charge on any atom is -0.312 e. The second kappa shape index (κ2) is 8.82. The fraction of sp³-hybridized carbons (Fsp3) is 0.412. The molecule has 2 rings (SSSR count). The van der Waals surface area contributed by atoms with Crippen LogP contribution in [0.2, 0.25) is 0 Å². The van der Waals surface area contributed by atoms with Crippen LogP contribution in [0.1, 0.15) is 54.4 Å². The van der Waals surface area contributed by atoms with E-state index < -0.39 is 11.7 Å². The summed E-state index contributed by atoms with van der Waals surface area (Å²) in [5.41, 5.74) is 0.274. The molecular weight excluding hydrogens is 310 g/mol. The first-order chi connectivity index (χ1) is 11.1. The zero-order chi connectivity index (χ0) is 16.7. The molecule has 120 valence electrons. The topological polar surface area (TPSA) is 42.0 Å². The average Bonchev–Trinajstić information content (AvgIpc) is 2.94. The molecular formula is C17H20BFN2OS. The van der Waals surface area contributed by atoms with Crippen molar-refractivity contribution >= 4 is 35.6 Å². The van der Waals surface area contributed by atoms with E-state index in [-0.39, 0.29) is 5.56 Å². The lowest BCUT2D eigenvalue weighted by Gasteiger charge is -2.04. The number of anilines is 1. The monoisotopic (exact) mass is 330 g/mol. The number of unbranched alkanes of at least 4 members (excludes halogenated alkanes) is 4. The van der Waals surface area contributed by atoms with Crippen molar-refractivity contribution in [1.29, 1.82) is 0 Å². The van der Waals surface area contributed by atoms with Crippen molar-refractivity contribution in [3.05, 3.63) is 40.8 Å². The van der Waals surface area contributed by atoms with Gasteiger partial charge in [0.05, 0.1) is 16.8 Å². The van der Waals surface area contributed by atoms with Crippen LogP contribution in [0.5, 0.6) is 0 Å². The molecule has 1 aromatic carbocycles. The molecule has 0 saturated heterocycles. The maximum absolute atomic E-state index is 13.7. The van der Waals surface area contributed by atoms with Gasteiger partial charge >= 0.3 is 0 Å². The number of carbonyl (C=O) groups excluding carboxylic acids is 1. The van der Waals surface area contributed by atoms with Gasteiger partial charge in [0.15, 0.2) is 0 Å². The third-order valence-corrected chi connectivity index (χ3v) is 4.49. The number of benzene rings is 1. The van der Waals surface area contributed by atoms with E-state index in [0.29, 0.717) is 10.5 Å². The van der Waals surface area contributed by atoms with Crippen LogP contribution in [-0.4, -0.2) is 18.7 Å². The van der Waals surface area contributed by atoms with Crippen LogP contribution < -0.4 is 10.8 Å². The standard InChI is InChI=1S/C17H20BFN2OS/c1-2-3-4-5-6-7-15-20-11-16(23-15)21-17(22)13-9-8-12(18)10-14(13)19/h8-11H,2-7H2,1H3,(H,21,22). The highest BCUT2D eigenvalue weighted by Crippen LogP contribution is 2.22.